The van der Waals surface area contributed by atoms with Gasteiger partial charge in [-0.25, -0.2) is 0 Å². The molecule has 2 aromatic rings. The first-order valence-electron chi connectivity index (χ1n) is 7.33. The van der Waals surface area contributed by atoms with E-state index in [9.17, 15) is 4.79 Å². The molecule has 122 valence electrons. The lowest BCUT2D eigenvalue weighted by atomic mass is 10.2. The third kappa shape index (κ3) is 4.02. The Balaban J connectivity index is 1.66. The summed E-state index contributed by atoms with van der Waals surface area (Å²) in [5.74, 6) is -0.0546. The summed E-state index contributed by atoms with van der Waals surface area (Å²) < 4.78 is 1.99. The average molecular weight is 354 g/mol. The zero-order valence-corrected chi connectivity index (χ0v) is 14.2. The number of hydrogen-bond donors (Lipinski definition) is 1. The van der Waals surface area contributed by atoms with Crippen LogP contribution in [-0.4, -0.2) is 32.1 Å². The van der Waals surface area contributed by atoms with Crippen LogP contribution in [0.1, 0.15) is 24.0 Å². The van der Waals surface area contributed by atoms with Gasteiger partial charge in [-0.2, -0.15) is 5.10 Å². The van der Waals surface area contributed by atoms with Gasteiger partial charge in [-0.3, -0.25) is 19.4 Å². The summed E-state index contributed by atoms with van der Waals surface area (Å²) in [7, 11) is 0. The number of carbonyl (C=O) groups is 1. The number of nitrogens with zero attached hydrogens (tertiary/aromatic N) is 4. The first-order chi connectivity index (χ1) is 11.0. The van der Waals surface area contributed by atoms with Crippen LogP contribution in [0.4, 0.5) is 0 Å². The number of rotatable bonds is 4. The summed E-state index contributed by atoms with van der Waals surface area (Å²) in [5, 5.41) is 8.40. The molecule has 0 saturated heterocycles. The van der Waals surface area contributed by atoms with E-state index in [1.165, 1.54) is 6.92 Å². The Bertz CT molecular complexity index is 731. The Morgan fingerprint density at radius 2 is 2.17 bits per heavy atom. The molecule has 1 aliphatic heterocycles. The summed E-state index contributed by atoms with van der Waals surface area (Å²) in [4.78, 5) is 17.6. The lowest BCUT2D eigenvalue weighted by molar-refractivity contribution is -0.119. The van der Waals surface area contributed by atoms with E-state index in [-0.39, 0.29) is 5.91 Å². The topological polar surface area (TPSA) is 63.1 Å². The number of nitrogens with one attached hydrogen (secondary N) is 1. The number of fused-ring (bicyclic) bond motifs is 1. The van der Waals surface area contributed by atoms with Gasteiger partial charge in [-0.05, 0) is 12.1 Å². The van der Waals surface area contributed by atoms with Crippen LogP contribution in [0.15, 0.2) is 18.3 Å². The third-order valence-electron chi connectivity index (χ3n) is 3.70. The van der Waals surface area contributed by atoms with Gasteiger partial charge in [0, 0.05) is 32.8 Å². The van der Waals surface area contributed by atoms with Crippen LogP contribution in [-0.2, 0) is 31.0 Å². The fourth-order valence-electron chi connectivity index (χ4n) is 2.59. The van der Waals surface area contributed by atoms with Gasteiger partial charge >= 0.3 is 0 Å². The molecule has 1 aliphatic rings. The molecule has 6 nitrogen and oxygen atoms in total. The van der Waals surface area contributed by atoms with Crippen molar-refractivity contribution >= 4 is 29.1 Å². The molecular formula is C15H17Cl2N5O. The minimum absolute atomic E-state index is 0.0546. The van der Waals surface area contributed by atoms with E-state index in [1.54, 1.807) is 12.3 Å². The second-order valence-electron chi connectivity index (χ2n) is 5.55. The highest BCUT2D eigenvalue weighted by Gasteiger charge is 2.19. The van der Waals surface area contributed by atoms with E-state index in [1.807, 2.05) is 10.7 Å². The van der Waals surface area contributed by atoms with Gasteiger partial charge in [0.1, 0.15) is 0 Å². The highest BCUT2D eigenvalue weighted by Crippen LogP contribution is 2.22. The van der Waals surface area contributed by atoms with E-state index in [4.69, 9.17) is 23.2 Å². The summed E-state index contributed by atoms with van der Waals surface area (Å²) >= 11 is 12.1. The molecule has 0 saturated carbocycles. The molecule has 1 amide bonds. The monoisotopic (exact) mass is 353 g/mol. The molecule has 0 atom stereocenters. The molecule has 3 heterocycles. The van der Waals surface area contributed by atoms with Crippen molar-refractivity contribution in [2.45, 2.75) is 33.1 Å². The quantitative estimate of drug-likeness (QED) is 0.915. The normalized spacial score (nSPS) is 14.6. The largest absolute Gasteiger partial charge is 0.351 e. The van der Waals surface area contributed by atoms with Crippen LogP contribution in [0.2, 0.25) is 10.0 Å². The Labute approximate surface area is 144 Å². The van der Waals surface area contributed by atoms with Crippen LogP contribution >= 0.6 is 23.2 Å². The Morgan fingerprint density at radius 3 is 2.91 bits per heavy atom. The van der Waals surface area contributed by atoms with Gasteiger partial charge in [0.15, 0.2) is 0 Å². The molecule has 0 bridgehead atoms. The minimum Gasteiger partial charge on any atom is -0.351 e. The third-order valence-corrected chi connectivity index (χ3v) is 4.24. The van der Waals surface area contributed by atoms with Crippen molar-refractivity contribution in [1.82, 2.24) is 25.0 Å². The summed E-state index contributed by atoms with van der Waals surface area (Å²) in [6, 6.07) is 3.74. The Morgan fingerprint density at radius 1 is 1.35 bits per heavy atom. The molecule has 0 unspecified atom stereocenters. The van der Waals surface area contributed by atoms with Crippen molar-refractivity contribution in [3.63, 3.8) is 0 Å². The van der Waals surface area contributed by atoms with Crippen LogP contribution in [0.5, 0.6) is 0 Å². The maximum Gasteiger partial charge on any atom is 0.217 e. The first-order valence-corrected chi connectivity index (χ1v) is 8.09. The summed E-state index contributed by atoms with van der Waals surface area (Å²) in [5.41, 5.74) is 2.82. The lowest BCUT2D eigenvalue weighted by Crippen LogP contribution is -2.33. The van der Waals surface area contributed by atoms with Crippen LogP contribution < -0.4 is 5.32 Å². The predicted molar refractivity (Wildman–Crippen MR) is 88.1 cm³/mol. The van der Waals surface area contributed by atoms with Crippen molar-refractivity contribution in [3.8, 4) is 0 Å². The number of carbonyl (C=O) groups excluding carboxylic acids is 1. The van der Waals surface area contributed by atoms with Gasteiger partial charge in [0.05, 0.1) is 40.2 Å². The molecule has 1 N–H and O–H groups in total. The van der Waals surface area contributed by atoms with E-state index in [2.05, 4.69) is 20.3 Å². The smallest absolute Gasteiger partial charge is 0.217 e. The van der Waals surface area contributed by atoms with Gasteiger partial charge in [-0.15, -0.1) is 0 Å². The highest BCUT2D eigenvalue weighted by molar-refractivity contribution is 6.34. The van der Waals surface area contributed by atoms with Gasteiger partial charge in [0.25, 0.3) is 0 Å². The van der Waals surface area contributed by atoms with Gasteiger partial charge in [-0.1, -0.05) is 23.2 Å². The zero-order chi connectivity index (χ0) is 16.4. The number of hydrogen-bond acceptors (Lipinski definition) is 4. The maximum absolute atomic E-state index is 11.0. The second kappa shape index (κ2) is 6.86. The van der Waals surface area contributed by atoms with Gasteiger partial charge in [0.2, 0.25) is 5.91 Å². The van der Waals surface area contributed by atoms with E-state index < -0.39 is 0 Å². The van der Waals surface area contributed by atoms with Crippen molar-refractivity contribution in [1.29, 1.82) is 0 Å². The van der Waals surface area contributed by atoms with Crippen molar-refractivity contribution in [2.24, 2.45) is 0 Å². The second-order valence-corrected chi connectivity index (χ2v) is 6.40. The number of pyridine rings is 1. The Hall–Kier alpha value is -1.63. The van der Waals surface area contributed by atoms with E-state index >= 15 is 0 Å². The molecule has 23 heavy (non-hydrogen) atoms. The van der Waals surface area contributed by atoms with Crippen molar-refractivity contribution in [3.05, 3.63) is 45.5 Å². The van der Waals surface area contributed by atoms with Crippen molar-refractivity contribution < 1.29 is 4.79 Å². The zero-order valence-electron chi connectivity index (χ0n) is 12.7. The molecule has 0 fully saturated rings. The number of halogens is 2. The number of amides is 1. The molecule has 0 aromatic carbocycles. The lowest BCUT2D eigenvalue weighted by Gasteiger charge is -2.27. The molecule has 3 rings (SSSR count). The molecule has 0 aliphatic carbocycles. The molecule has 0 spiro atoms. The van der Waals surface area contributed by atoms with Crippen molar-refractivity contribution in [2.75, 3.05) is 6.54 Å². The Kier molecular flexibility index (Phi) is 4.84. The molecular weight excluding hydrogens is 337 g/mol. The first kappa shape index (κ1) is 16.2. The van der Waals surface area contributed by atoms with Crippen LogP contribution in [0, 0.1) is 0 Å². The molecule has 0 radical (unpaired) electrons. The predicted octanol–water partition coefficient (Wildman–Crippen LogP) is 2.24. The molecule has 2 aromatic heterocycles. The minimum atomic E-state index is -0.0546. The van der Waals surface area contributed by atoms with Gasteiger partial charge < -0.3 is 5.32 Å². The fraction of sp³-hybridized carbons (Fsp3) is 0.400. The van der Waals surface area contributed by atoms with E-state index in [0.29, 0.717) is 23.1 Å². The van der Waals surface area contributed by atoms with Crippen LogP contribution in [0.25, 0.3) is 0 Å². The van der Waals surface area contributed by atoms with Crippen LogP contribution in [0.3, 0.4) is 0 Å². The number of aromatic nitrogens is 3. The molecule has 8 heteroatoms. The van der Waals surface area contributed by atoms with E-state index in [0.717, 1.165) is 36.7 Å². The summed E-state index contributed by atoms with van der Waals surface area (Å²) in [6.45, 7) is 5.08. The maximum atomic E-state index is 11.0. The standard InChI is InChI=1S/C15H17Cl2N5O/c1-10(23)18-7-12-5-13-8-21(2-3-22(13)20-12)9-15-14(17)4-11(16)6-19-15/h4-6H,2-3,7-9H2,1H3,(H,18,23). The highest BCUT2D eigenvalue weighted by atomic mass is 35.5. The average Bonchev–Trinajstić information content (AvgIpc) is 2.90. The fourth-order valence-corrected chi connectivity index (χ4v) is 3.03. The SMILES string of the molecule is CC(=O)NCc1cc2n(n1)CCN(Cc1ncc(Cl)cc1Cl)C2. The summed E-state index contributed by atoms with van der Waals surface area (Å²) in [6.07, 6.45) is 1.61.